The van der Waals surface area contributed by atoms with Gasteiger partial charge in [0.25, 0.3) is 0 Å². The van der Waals surface area contributed by atoms with Gasteiger partial charge in [-0.15, -0.1) is 0 Å². The second-order valence-corrected chi connectivity index (χ2v) is 12.2. The average Bonchev–Trinajstić information content (AvgIpc) is 3.52. The molecule has 1 N–H and O–H groups in total. The summed E-state index contributed by atoms with van der Waals surface area (Å²) < 4.78 is 11.2. The van der Waals surface area contributed by atoms with Crippen LogP contribution >= 0.6 is 0 Å². The van der Waals surface area contributed by atoms with Crippen molar-refractivity contribution < 1.29 is 23.9 Å². The number of fused-ring (bicyclic) bond motifs is 6. The maximum Gasteiger partial charge on any atom is 0.238 e. The molecule has 1 fully saturated rings. The molecule has 3 aliphatic rings. The zero-order chi connectivity index (χ0) is 31.6. The second-order valence-electron chi connectivity index (χ2n) is 12.2. The van der Waals surface area contributed by atoms with E-state index >= 15 is 4.79 Å². The average molecular weight is 599 g/mol. The highest BCUT2D eigenvalue weighted by molar-refractivity contribution is 6.19. The highest BCUT2D eigenvalue weighted by Crippen LogP contribution is 2.59. The van der Waals surface area contributed by atoms with Gasteiger partial charge >= 0.3 is 0 Å². The number of amides is 1. The van der Waals surface area contributed by atoms with Crippen molar-refractivity contribution in [3.8, 4) is 11.5 Å². The van der Waals surface area contributed by atoms with E-state index in [-0.39, 0.29) is 23.0 Å². The zero-order valence-corrected chi connectivity index (χ0v) is 25.9. The predicted molar refractivity (Wildman–Crippen MR) is 175 cm³/mol. The van der Waals surface area contributed by atoms with Crippen LogP contribution in [-0.4, -0.2) is 43.8 Å². The van der Waals surface area contributed by atoms with Gasteiger partial charge in [-0.2, -0.15) is 0 Å². The lowest BCUT2D eigenvalue weighted by Gasteiger charge is -2.39. The van der Waals surface area contributed by atoms with Crippen LogP contribution in [0.2, 0.25) is 0 Å². The molecule has 0 aromatic heterocycles. The number of benzene rings is 4. The molecule has 0 saturated carbocycles. The fourth-order valence-corrected chi connectivity index (χ4v) is 7.61. The van der Waals surface area contributed by atoms with Crippen molar-refractivity contribution in [1.29, 1.82) is 0 Å². The Hall–Kier alpha value is -5.17. The van der Waals surface area contributed by atoms with Crippen molar-refractivity contribution in [2.75, 3.05) is 24.4 Å². The maximum atomic E-state index is 15.3. The molecule has 226 valence electrons. The lowest BCUT2D eigenvalue weighted by Crippen LogP contribution is -2.51. The summed E-state index contributed by atoms with van der Waals surface area (Å²) in [5.41, 5.74) is 5.52. The number of methoxy groups -OCH3 is 2. The summed E-state index contributed by atoms with van der Waals surface area (Å²) in [5, 5.41) is 3.09. The van der Waals surface area contributed by atoms with Crippen molar-refractivity contribution >= 4 is 34.4 Å². The third-order valence-electron chi connectivity index (χ3n) is 9.69. The Balaban J connectivity index is 1.57. The Bertz CT molecular complexity index is 1930. The molecule has 7 heteroatoms. The molecule has 0 radical (unpaired) electrons. The number of hydrogen-bond donors (Lipinski definition) is 1. The number of carbonyl (C=O) groups is 3. The number of nitrogens with zero attached hydrogens (tertiary/aromatic N) is 1. The molecular weight excluding hydrogens is 564 g/mol. The number of para-hydroxylation sites is 1. The third kappa shape index (κ3) is 4.06. The molecule has 3 heterocycles. The first-order valence-electron chi connectivity index (χ1n) is 15.1. The largest absolute Gasteiger partial charge is 0.497 e. The van der Waals surface area contributed by atoms with E-state index in [1.54, 1.807) is 30.3 Å². The van der Waals surface area contributed by atoms with Gasteiger partial charge in [0.15, 0.2) is 11.6 Å². The minimum atomic E-state index is -1.42. The standard InChI is InChI=1S/C38H34N2O5/c1-21-10-13-24(14-11-21)35(41)34-33(36(42)27-20-25(44-4)15-17-31(27)45-5)38(28-8-6-7-9-29(28)39-37(38)43)32-19-23(3)26-18-22(2)12-16-30(26)40(32)34/h6-20,32-34H,1-5H3,(H,39,43)/t32-,33+,34+,38-/m1/s1. The first-order valence-corrected chi connectivity index (χ1v) is 15.1. The Morgan fingerprint density at radius 1 is 0.822 bits per heavy atom. The van der Waals surface area contributed by atoms with E-state index in [1.165, 1.54) is 14.2 Å². The number of aryl methyl sites for hydroxylation is 2. The monoisotopic (exact) mass is 598 g/mol. The molecule has 4 atom stereocenters. The van der Waals surface area contributed by atoms with Gasteiger partial charge in [0, 0.05) is 22.5 Å². The van der Waals surface area contributed by atoms with Crippen molar-refractivity contribution in [2.24, 2.45) is 5.92 Å². The fraction of sp³-hybridized carbons (Fsp3) is 0.237. The maximum absolute atomic E-state index is 15.3. The molecule has 1 amide bonds. The summed E-state index contributed by atoms with van der Waals surface area (Å²) in [6, 6.07) is 24.4. The van der Waals surface area contributed by atoms with Crippen LogP contribution in [0.25, 0.3) is 5.57 Å². The van der Waals surface area contributed by atoms with Gasteiger partial charge in [-0.1, -0.05) is 65.7 Å². The van der Waals surface area contributed by atoms with Crippen LogP contribution < -0.4 is 19.7 Å². The quantitative estimate of drug-likeness (QED) is 0.253. The highest BCUT2D eigenvalue weighted by atomic mass is 16.5. The lowest BCUT2D eigenvalue weighted by atomic mass is 9.63. The van der Waals surface area contributed by atoms with Crippen LogP contribution in [0.3, 0.4) is 0 Å². The smallest absolute Gasteiger partial charge is 0.238 e. The third-order valence-corrected chi connectivity index (χ3v) is 9.69. The van der Waals surface area contributed by atoms with Crippen LogP contribution in [-0.2, 0) is 10.2 Å². The Kier molecular flexibility index (Phi) is 6.66. The number of carbonyl (C=O) groups excluding carboxylic acids is 3. The number of rotatable bonds is 6. The Morgan fingerprint density at radius 2 is 1.56 bits per heavy atom. The fourth-order valence-electron chi connectivity index (χ4n) is 7.61. The molecule has 45 heavy (non-hydrogen) atoms. The summed E-state index contributed by atoms with van der Waals surface area (Å²) in [6.45, 7) is 6.02. The van der Waals surface area contributed by atoms with E-state index in [0.29, 0.717) is 28.3 Å². The lowest BCUT2D eigenvalue weighted by molar-refractivity contribution is -0.121. The van der Waals surface area contributed by atoms with Crippen LogP contribution in [0.4, 0.5) is 11.4 Å². The van der Waals surface area contributed by atoms with Crippen LogP contribution in [0.15, 0.2) is 91.0 Å². The molecule has 1 spiro atoms. The summed E-state index contributed by atoms with van der Waals surface area (Å²) in [5.74, 6) is -1.20. The molecule has 1 saturated heterocycles. The van der Waals surface area contributed by atoms with E-state index in [4.69, 9.17) is 9.47 Å². The number of allylic oxidation sites excluding steroid dienone is 1. The molecule has 4 aromatic rings. The van der Waals surface area contributed by atoms with Gasteiger partial charge in [0.2, 0.25) is 5.91 Å². The van der Waals surface area contributed by atoms with Crippen molar-refractivity contribution in [3.05, 3.63) is 124 Å². The number of hydrogen-bond acceptors (Lipinski definition) is 6. The van der Waals surface area contributed by atoms with Gasteiger partial charge < -0.3 is 19.7 Å². The van der Waals surface area contributed by atoms with E-state index in [2.05, 4.69) is 17.5 Å². The second kappa shape index (κ2) is 10.5. The number of Topliss-reactive ketones (excluding diaryl/α,β-unsaturated/α-hetero) is 2. The van der Waals surface area contributed by atoms with E-state index in [9.17, 15) is 9.59 Å². The first-order chi connectivity index (χ1) is 21.7. The molecule has 0 aliphatic carbocycles. The number of anilines is 2. The molecule has 7 nitrogen and oxygen atoms in total. The van der Waals surface area contributed by atoms with Crippen LogP contribution in [0, 0.1) is 19.8 Å². The number of ketones is 2. The SMILES string of the molecule is COc1ccc(OC)c(C(=O)[C@@H]2[C@@H](C(=O)c3ccc(C)cc3)N3c4ccc(C)cc4C(C)=C[C@@H]3[C@@]23C(=O)Nc2ccccc23)c1. The van der Waals surface area contributed by atoms with E-state index < -0.39 is 23.4 Å². The van der Waals surface area contributed by atoms with Gasteiger partial charge in [-0.05, 0) is 68.3 Å². The molecule has 0 bridgehead atoms. The molecule has 7 rings (SSSR count). The molecule has 4 aromatic carbocycles. The van der Waals surface area contributed by atoms with Gasteiger partial charge in [0.05, 0.1) is 31.7 Å². The number of ether oxygens (including phenoxy) is 2. The minimum absolute atomic E-state index is 0.228. The zero-order valence-electron chi connectivity index (χ0n) is 25.9. The normalized spacial score (nSPS) is 22.7. The van der Waals surface area contributed by atoms with Crippen LogP contribution in [0.1, 0.15) is 49.9 Å². The molecule has 3 aliphatic heterocycles. The molecular formula is C38H34N2O5. The van der Waals surface area contributed by atoms with E-state index in [0.717, 1.165) is 28.0 Å². The van der Waals surface area contributed by atoms with Gasteiger partial charge in [-0.25, -0.2) is 0 Å². The summed E-state index contributed by atoms with van der Waals surface area (Å²) in [7, 11) is 3.04. The van der Waals surface area contributed by atoms with Crippen molar-refractivity contribution in [1.82, 2.24) is 0 Å². The topological polar surface area (TPSA) is 84.9 Å². The first kappa shape index (κ1) is 28.6. The number of nitrogens with one attached hydrogen (secondary N) is 1. The van der Waals surface area contributed by atoms with Gasteiger partial charge in [0.1, 0.15) is 23.0 Å². The summed E-state index contributed by atoms with van der Waals surface area (Å²) in [6.07, 6.45) is 2.06. The highest BCUT2D eigenvalue weighted by Gasteiger charge is 2.70. The van der Waals surface area contributed by atoms with Crippen molar-refractivity contribution in [2.45, 2.75) is 38.3 Å². The van der Waals surface area contributed by atoms with Gasteiger partial charge in [-0.3, -0.25) is 14.4 Å². The van der Waals surface area contributed by atoms with Crippen molar-refractivity contribution in [3.63, 3.8) is 0 Å². The predicted octanol–water partition coefficient (Wildman–Crippen LogP) is 6.57. The van der Waals surface area contributed by atoms with E-state index in [1.807, 2.05) is 74.2 Å². The Labute approximate surface area is 262 Å². The minimum Gasteiger partial charge on any atom is -0.497 e. The summed E-state index contributed by atoms with van der Waals surface area (Å²) >= 11 is 0. The molecule has 0 unspecified atom stereocenters. The summed E-state index contributed by atoms with van der Waals surface area (Å²) in [4.78, 5) is 46.9. The van der Waals surface area contributed by atoms with Crippen LogP contribution in [0.5, 0.6) is 11.5 Å². The Morgan fingerprint density at radius 3 is 2.29 bits per heavy atom.